The number of morpholine rings is 1. The molecule has 1 aromatic rings. The van der Waals surface area contributed by atoms with Crippen LogP contribution in [-0.2, 0) is 19.7 Å². The summed E-state index contributed by atoms with van der Waals surface area (Å²) < 4.78 is 11.6. The molecular weight excluding hydrogens is 302 g/mol. The average molecular weight is 329 g/mol. The van der Waals surface area contributed by atoms with E-state index in [-0.39, 0.29) is 12.1 Å². The summed E-state index contributed by atoms with van der Waals surface area (Å²) in [5.41, 5.74) is 0.732. The van der Waals surface area contributed by atoms with Crippen LogP contribution in [0.2, 0.25) is 0 Å². The Morgan fingerprint density at radius 2 is 1.79 bits per heavy atom. The molecule has 1 aromatic carbocycles. The third kappa shape index (κ3) is 2.76. The zero-order valence-corrected chi connectivity index (χ0v) is 14.3. The second-order valence-electron chi connectivity index (χ2n) is 7.32. The van der Waals surface area contributed by atoms with E-state index in [0.29, 0.717) is 25.7 Å². The van der Waals surface area contributed by atoms with Crippen LogP contribution in [0.3, 0.4) is 0 Å². The van der Waals surface area contributed by atoms with Crippen LogP contribution in [0.15, 0.2) is 30.3 Å². The Morgan fingerprint density at radius 1 is 1.04 bits per heavy atom. The second-order valence-corrected chi connectivity index (χ2v) is 7.32. The summed E-state index contributed by atoms with van der Waals surface area (Å²) in [5.74, 6) is 0.303. The molecule has 0 spiro atoms. The van der Waals surface area contributed by atoms with Gasteiger partial charge in [0.1, 0.15) is 0 Å². The number of ether oxygens (including phenoxy) is 2. The standard InChI is InChI=1S/C20H27NO3/c22-19(21-12-15-24-18-9-5-4-8-17(18)21)20(10-13-23-14-11-20)16-6-2-1-3-7-16/h1-3,6-7,17-18H,4-5,8-15H2. The summed E-state index contributed by atoms with van der Waals surface area (Å²) in [5, 5.41) is 0. The maximum atomic E-state index is 13.7. The largest absolute Gasteiger partial charge is 0.381 e. The van der Waals surface area contributed by atoms with Crippen LogP contribution in [0.1, 0.15) is 44.1 Å². The van der Waals surface area contributed by atoms with Crippen LogP contribution in [0.25, 0.3) is 0 Å². The highest BCUT2D eigenvalue weighted by Gasteiger charge is 2.47. The Kier molecular flexibility index (Phi) is 4.59. The molecule has 3 aliphatic rings. The fourth-order valence-corrected chi connectivity index (χ4v) is 4.73. The molecule has 0 N–H and O–H groups in total. The number of benzene rings is 1. The van der Waals surface area contributed by atoms with Crippen LogP contribution >= 0.6 is 0 Å². The lowest BCUT2D eigenvalue weighted by Gasteiger charge is -2.48. The summed E-state index contributed by atoms with van der Waals surface area (Å²) in [6.07, 6.45) is 6.41. The lowest BCUT2D eigenvalue weighted by molar-refractivity contribution is -0.159. The molecule has 2 atom stereocenters. The molecule has 3 fully saturated rings. The van der Waals surface area contributed by atoms with Gasteiger partial charge < -0.3 is 14.4 Å². The number of hydrogen-bond acceptors (Lipinski definition) is 3. The molecule has 0 bridgehead atoms. The Balaban J connectivity index is 1.66. The SMILES string of the molecule is O=C(N1CCOC2CCCCC21)C1(c2ccccc2)CCOCC1. The number of carbonyl (C=O) groups excluding carboxylic acids is 1. The molecule has 0 aromatic heterocycles. The van der Waals surface area contributed by atoms with E-state index in [0.717, 1.165) is 37.8 Å². The molecule has 1 saturated carbocycles. The molecule has 4 rings (SSSR count). The number of fused-ring (bicyclic) bond motifs is 1. The summed E-state index contributed by atoms with van der Waals surface area (Å²) in [4.78, 5) is 15.9. The molecule has 1 amide bonds. The van der Waals surface area contributed by atoms with Gasteiger partial charge in [0.2, 0.25) is 5.91 Å². The predicted octanol–water partition coefficient (Wildman–Crippen LogP) is 2.90. The van der Waals surface area contributed by atoms with E-state index in [9.17, 15) is 4.79 Å². The molecule has 4 nitrogen and oxygen atoms in total. The number of nitrogens with zero attached hydrogens (tertiary/aromatic N) is 1. The van der Waals surface area contributed by atoms with E-state index in [1.807, 2.05) is 18.2 Å². The lowest BCUT2D eigenvalue weighted by Crippen LogP contribution is -2.60. The van der Waals surface area contributed by atoms with Gasteiger partial charge in [-0.3, -0.25) is 4.79 Å². The minimum Gasteiger partial charge on any atom is -0.381 e. The normalized spacial score (nSPS) is 29.8. The topological polar surface area (TPSA) is 38.8 Å². The van der Waals surface area contributed by atoms with E-state index >= 15 is 0 Å². The van der Waals surface area contributed by atoms with E-state index in [1.165, 1.54) is 12.8 Å². The Morgan fingerprint density at radius 3 is 2.58 bits per heavy atom. The Hall–Kier alpha value is -1.39. The molecular formula is C20H27NO3. The van der Waals surface area contributed by atoms with E-state index in [4.69, 9.17) is 9.47 Å². The highest BCUT2D eigenvalue weighted by Crippen LogP contribution is 2.39. The van der Waals surface area contributed by atoms with Crippen molar-refractivity contribution in [1.82, 2.24) is 4.90 Å². The minimum absolute atomic E-state index is 0.240. The zero-order chi connectivity index (χ0) is 16.4. The van der Waals surface area contributed by atoms with Gasteiger partial charge in [0.15, 0.2) is 0 Å². The minimum atomic E-state index is -0.418. The van der Waals surface area contributed by atoms with Crippen molar-refractivity contribution in [2.45, 2.75) is 56.1 Å². The van der Waals surface area contributed by atoms with Gasteiger partial charge in [0.25, 0.3) is 0 Å². The molecule has 2 heterocycles. The molecule has 2 unspecified atom stereocenters. The Bertz CT molecular complexity index is 566. The molecule has 130 valence electrons. The molecule has 2 saturated heterocycles. The zero-order valence-electron chi connectivity index (χ0n) is 14.3. The van der Waals surface area contributed by atoms with Gasteiger partial charge in [-0.25, -0.2) is 0 Å². The third-order valence-corrected chi connectivity index (χ3v) is 6.08. The molecule has 0 radical (unpaired) electrons. The van der Waals surface area contributed by atoms with Crippen molar-refractivity contribution in [1.29, 1.82) is 0 Å². The predicted molar refractivity (Wildman–Crippen MR) is 91.9 cm³/mol. The Labute approximate surface area is 144 Å². The van der Waals surface area contributed by atoms with E-state index in [2.05, 4.69) is 17.0 Å². The van der Waals surface area contributed by atoms with Gasteiger partial charge in [-0.05, 0) is 31.2 Å². The van der Waals surface area contributed by atoms with Gasteiger partial charge >= 0.3 is 0 Å². The summed E-state index contributed by atoms with van der Waals surface area (Å²) in [6, 6.07) is 10.6. The first-order chi connectivity index (χ1) is 11.8. The number of hydrogen-bond donors (Lipinski definition) is 0. The highest BCUT2D eigenvalue weighted by molar-refractivity contribution is 5.89. The van der Waals surface area contributed by atoms with Crippen molar-refractivity contribution in [3.63, 3.8) is 0 Å². The van der Waals surface area contributed by atoms with Crippen molar-refractivity contribution in [2.24, 2.45) is 0 Å². The summed E-state index contributed by atoms with van der Waals surface area (Å²) >= 11 is 0. The molecule has 4 heteroatoms. The van der Waals surface area contributed by atoms with Gasteiger partial charge in [0, 0.05) is 19.8 Å². The van der Waals surface area contributed by atoms with Crippen LogP contribution in [0.5, 0.6) is 0 Å². The number of rotatable bonds is 2. The maximum Gasteiger partial charge on any atom is 0.233 e. The monoisotopic (exact) mass is 329 g/mol. The van der Waals surface area contributed by atoms with Gasteiger partial charge in [-0.2, -0.15) is 0 Å². The number of amides is 1. The van der Waals surface area contributed by atoms with Gasteiger partial charge in [0.05, 0.1) is 24.2 Å². The number of carbonyl (C=O) groups is 1. The first kappa shape index (κ1) is 16.1. The first-order valence-electron chi connectivity index (χ1n) is 9.37. The van der Waals surface area contributed by atoms with Gasteiger partial charge in [-0.1, -0.05) is 43.2 Å². The fraction of sp³-hybridized carbons (Fsp3) is 0.650. The van der Waals surface area contributed by atoms with Gasteiger partial charge in [-0.15, -0.1) is 0 Å². The third-order valence-electron chi connectivity index (χ3n) is 6.08. The molecule has 24 heavy (non-hydrogen) atoms. The van der Waals surface area contributed by atoms with Crippen molar-refractivity contribution in [2.75, 3.05) is 26.4 Å². The van der Waals surface area contributed by atoms with E-state index < -0.39 is 5.41 Å². The first-order valence-corrected chi connectivity index (χ1v) is 9.37. The van der Waals surface area contributed by atoms with Crippen LogP contribution in [0, 0.1) is 0 Å². The van der Waals surface area contributed by atoms with Crippen molar-refractivity contribution in [3.8, 4) is 0 Å². The molecule has 1 aliphatic carbocycles. The summed E-state index contributed by atoms with van der Waals surface area (Å²) in [7, 11) is 0. The average Bonchev–Trinajstić information content (AvgIpc) is 2.68. The molecule has 2 aliphatic heterocycles. The maximum absolute atomic E-state index is 13.7. The fourth-order valence-electron chi connectivity index (χ4n) is 4.73. The van der Waals surface area contributed by atoms with Crippen LogP contribution in [0.4, 0.5) is 0 Å². The highest BCUT2D eigenvalue weighted by atomic mass is 16.5. The summed E-state index contributed by atoms with van der Waals surface area (Å²) in [6.45, 7) is 2.74. The van der Waals surface area contributed by atoms with Crippen molar-refractivity contribution >= 4 is 5.91 Å². The van der Waals surface area contributed by atoms with Crippen LogP contribution < -0.4 is 0 Å². The van der Waals surface area contributed by atoms with Crippen molar-refractivity contribution in [3.05, 3.63) is 35.9 Å². The lowest BCUT2D eigenvalue weighted by atomic mass is 9.72. The van der Waals surface area contributed by atoms with Crippen molar-refractivity contribution < 1.29 is 14.3 Å². The quantitative estimate of drug-likeness (QED) is 0.837. The second kappa shape index (κ2) is 6.85. The van der Waals surface area contributed by atoms with E-state index in [1.54, 1.807) is 0 Å². The smallest absolute Gasteiger partial charge is 0.233 e. The van der Waals surface area contributed by atoms with Crippen LogP contribution in [-0.4, -0.2) is 49.3 Å².